The monoisotopic (exact) mass is 779 g/mol. The predicted octanol–water partition coefficient (Wildman–Crippen LogP) is 14.4. The van der Waals surface area contributed by atoms with Crippen LogP contribution in [0.15, 0.2) is 0 Å². The van der Waals surface area contributed by atoms with E-state index in [-0.39, 0.29) is 24.1 Å². The largest absolute Gasteiger partial charge is 0.461 e. The first-order chi connectivity index (χ1) is 26.9. The second kappa shape index (κ2) is 42.5. The van der Waals surface area contributed by atoms with E-state index in [1.165, 1.54) is 154 Å². The molecule has 0 aliphatic carbocycles. The van der Waals surface area contributed by atoms with Crippen LogP contribution in [0.4, 0.5) is 0 Å². The third kappa shape index (κ3) is 39.5. The van der Waals surface area contributed by atoms with Crippen LogP contribution in [0.1, 0.15) is 252 Å². The molecule has 0 N–H and O–H groups in total. The van der Waals surface area contributed by atoms with Crippen molar-refractivity contribution in [2.45, 2.75) is 265 Å². The van der Waals surface area contributed by atoms with Gasteiger partial charge in [-0.15, -0.1) is 0 Å². The van der Waals surface area contributed by atoms with Gasteiger partial charge in [0.15, 0.2) is 0 Å². The zero-order valence-electron chi connectivity index (χ0n) is 38.3. The number of esters is 2. The van der Waals surface area contributed by atoms with Gasteiger partial charge in [0.05, 0.1) is 0 Å². The van der Waals surface area contributed by atoms with E-state index in [0.29, 0.717) is 12.8 Å². The Labute approximate surface area is 344 Å². The Balaban J connectivity index is 5.16. The van der Waals surface area contributed by atoms with E-state index in [2.05, 4.69) is 51.6 Å². The van der Waals surface area contributed by atoms with Gasteiger partial charge in [-0.2, -0.15) is 0 Å². The molecule has 328 valence electrons. The Bertz CT molecular complexity index is 748. The fraction of sp³-hybridized carbons (Fsp3) is 0.959. The fourth-order valence-corrected chi connectivity index (χ4v) is 7.77. The molecule has 55 heavy (non-hydrogen) atoms. The Morgan fingerprint density at radius 2 is 0.673 bits per heavy atom. The molecule has 0 heterocycles. The minimum absolute atomic E-state index is 0.0285. The maximum Gasteiger partial charge on any atom is 0.306 e. The van der Waals surface area contributed by atoms with Gasteiger partial charge in [0, 0.05) is 25.9 Å². The molecule has 0 fully saturated rings. The zero-order chi connectivity index (χ0) is 40.5. The standard InChI is InChI=1S/C49H98N2O4/c1-7-11-15-19-21-23-25-27-29-31-35-40-48(52)54-46(38-33-17-13-9-3)44-51(43-37-42-50(5)6)45-47(39-34-18-14-10-4)55-49(53)41-36-32-30-28-26-24-22-20-16-12-8-2/h46-47H,7-45H2,1-6H3. The average Bonchev–Trinajstić information content (AvgIpc) is 3.16. The topological polar surface area (TPSA) is 59.1 Å². The molecule has 0 aromatic carbocycles. The van der Waals surface area contributed by atoms with Crippen LogP contribution in [-0.2, 0) is 19.1 Å². The third-order valence-corrected chi connectivity index (χ3v) is 11.3. The quantitative estimate of drug-likeness (QED) is 0.0453. The molecule has 0 amide bonds. The normalized spacial score (nSPS) is 12.8. The highest BCUT2D eigenvalue weighted by atomic mass is 16.5. The Kier molecular flexibility index (Phi) is 41.6. The lowest BCUT2D eigenvalue weighted by molar-refractivity contribution is -0.152. The van der Waals surface area contributed by atoms with Crippen LogP contribution in [-0.4, -0.2) is 74.2 Å². The van der Waals surface area contributed by atoms with Gasteiger partial charge in [0.25, 0.3) is 0 Å². The molecular formula is C49H98N2O4. The van der Waals surface area contributed by atoms with E-state index in [1.54, 1.807) is 0 Å². The van der Waals surface area contributed by atoms with E-state index in [4.69, 9.17) is 9.47 Å². The molecule has 0 rings (SSSR count). The molecule has 2 atom stereocenters. The number of ether oxygens (including phenoxy) is 2. The number of unbranched alkanes of at least 4 members (excludes halogenated alkanes) is 26. The van der Waals surface area contributed by atoms with E-state index < -0.39 is 0 Å². The molecule has 0 aromatic rings. The van der Waals surface area contributed by atoms with Crippen LogP contribution in [0.2, 0.25) is 0 Å². The summed E-state index contributed by atoms with van der Waals surface area (Å²) < 4.78 is 12.6. The predicted molar refractivity (Wildman–Crippen MR) is 239 cm³/mol. The van der Waals surface area contributed by atoms with E-state index in [0.717, 1.165) is 84.0 Å². The zero-order valence-corrected chi connectivity index (χ0v) is 38.3. The highest BCUT2D eigenvalue weighted by Crippen LogP contribution is 2.18. The number of nitrogens with zero attached hydrogens (tertiary/aromatic N) is 2. The van der Waals surface area contributed by atoms with Crippen molar-refractivity contribution in [3.8, 4) is 0 Å². The molecule has 0 saturated carbocycles. The van der Waals surface area contributed by atoms with Gasteiger partial charge in [0.1, 0.15) is 12.2 Å². The first kappa shape index (κ1) is 53.9. The van der Waals surface area contributed by atoms with Gasteiger partial charge >= 0.3 is 11.9 Å². The summed E-state index contributed by atoms with van der Waals surface area (Å²) in [6.45, 7) is 12.4. The van der Waals surface area contributed by atoms with E-state index in [9.17, 15) is 9.59 Å². The van der Waals surface area contributed by atoms with E-state index in [1.807, 2.05) is 0 Å². The molecule has 0 aromatic heterocycles. The van der Waals surface area contributed by atoms with Gasteiger partial charge in [-0.1, -0.05) is 195 Å². The van der Waals surface area contributed by atoms with Crippen molar-refractivity contribution in [2.75, 3.05) is 40.3 Å². The summed E-state index contributed by atoms with van der Waals surface area (Å²) in [5, 5.41) is 0. The second-order valence-electron chi connectivity index (χ2n) is 17.4. The molecule has 0 aliphatic rings. The lowest BCUT2D eigenvalue weighted by Gasteiger charge is -2.31. The molecular weight excluding hydrogens is 681 g/mol. The highest BCUT2D eigenvalue weighted by Gasteiger charge is 2.23. The van der Waals surface area contributed by atoms with Gasteiger partial charge in [0.2, 0.25) is 0 Å². The summed E-state index contributed by atoms with van der Waals surface area (Å²) in [7, 11) is 4.26. The first-order valence-electron chi connectivity index (χ1n) is 24.6. The molecule has 0 bridgehead atoms. The second-order valence-corrected chi connectivity index (χ2v) is 17.4. The van der Waals surface area contributed by atoms with Crippen LogP contribution in [0.3, 0.4) is 0 Å². The molecule has 0 radical (unpaired) electrons. The van der Waals surface area contributed by atoms with Crippen molar-refractivity contribution >= 4 is 11.9 Å². The van der Waals surface area contributed by atoms with Gasteiger partial charge < -0.3 is 14.4 Å². The number of carbonyl (C=O) groups excluding carboxylic acids is 2. The van der Waals surface area contributed by atoms with Crippen LogP contribution >= 0.6 is 0 Å². The molecule has 6 heteroatoms. The van der Waals surface area contributed by atoms with Crippen molar-refractivity contribution in [3.05, 3.63) is 0 Å². The van der Waals surface area contributed by atoms with E-state index >= 15 is 0 Å². The summed E-state index contributed by atoms with van der Waals surface area (Å²) in [4.78, 5) is 31.1. The van der Waals surface area contributed by atoms with Gasteiger partial charge in [-0.25, -0.2) is 0 Å². The number of carbonyl (C=O) groups is 2. The number of hydrogen-bond acceptors (Lipinski definition) is 6. The lowest BCUT2D eigenvalue weighted by Crippen LogP contribution is -2.42. The van der Waals surface area contributed by atoms with Gasteiger partial charge in [-0.05, 0) is 72.1 Å². The summed E-state index contributed by atoms with van der Waals surface area (Å²) in [5.74, 6) is -0.0571. The Hall–Kier alpha value is -1.14. The van der Waals surface area contributed by atoms with Crippen LogP contribution in [0.5, 0.6) is 0 Å². The van der Waals surface area contributed by atoms with Crippen molar-refractivity contribution in [1.29, 1.82) is 0 Å². The minimum Gasteiger partial charge on any atom is -0.461 e. The van der Waals surface area contributed by atoms with Crippen LogP contribution in [0.25, 0.3) is 0 Å². The molecule has 6 nitrogen and oxygen atoms in total. The maximum atomic E-state index is 13.2. The first-order valence-corrected chi connectivity index (χ1v) is 24.6. The Morgan fingerprint density at radius 3 is 0.982 bits per heavy atom. The summed E-state index contributed by atoms with van der Waals surface area (Å²) in [6, 6.07) is 0. The molecule has 0 aliphatic heterocycles. The van der Waals surface area contributed by atoms with Gasteiger partial charge in [-0.3, -0.25) is 14.5 Å². The lowest BCUT2D eigenvalue weighted by atomic mass is 10.0. The van der Waals surface area contributed by atoms with Crippen molar-refractivity contribution in [1.82, 2.24) is 9.80 Å². The minimum atomic E-state index is -0.107. The number of hydrogen-bond donors (Lipinski definition) is 0. The molecule has 2 unspecified atom stereocenters. The fourth-order valence-electron chi connectivity index (χ4n) is 7.77. The third-order valence-electron chi connectivity index (χ3n) is 11.3. The van der Waals surface area contributed by atoms with Crippen LogP contribution in [0, 0.1) is 0 Å². The van der Waals surface area contributed by atoms with Crippen molar-refractivity contribution < 1.29 is 19.1 Å². The smallest absolute Gasteiger partial charge is 0.306 e. The molecule has 0 saturated heterocycles. The van der Waals surface area contributed by atoms with Crippen molar-refractivity contribution in [3.63, 3.8) is 0 Å². The van der Waals surface area contributed by atoms with Crippen LogP contribution < -0.4 is 0 Å². The number of rotatable bonds is 44. The average molecular weight is 779 g/mol. The molecule has 0 spiro atoms. The summed E-state index contributed by atoms with van der Waals surface area (Å²) >= 11 is 0. The van der Waals surface area contributed by atoms with Crippen molar-refractivity contribution in [2.24, 2.45) is 0 Å². The Morgan fingerprint density at radius 1 is 0.382 bits per heavy atom. The maximum absolute atomic E-state index is 13.2. The highest BCUT2D eigenvalue weighted by molar-refractivity contribution is 5.69. The summed E-state index contributed by atoms with van der Waals surface area (Å²) in [5.41, 5.74) is 0. The SMILES string of the molecule is CCCCCCCCCCCCCC(=O)OC(CCCCCC)CN(CCCN(C)C)CC(CCCCCC)OC(=O)CCCCCCCCCCCCC. The summed E-state index contributed by atoms with van der Waals surface area (Å²) in [6.07, 6.45) is 41.2.